The van der Waals surface area contributed by atoms with Crippen molar-refractivity contribution in [2.75, 3.05) is 0 Å². The van der Waals surface area contributed by atoms with Gasteiger partial charge in [0.1, 0.15) is 6.07 Å². The van der Waals surface area contributed by atoms with Crippen LogP contribution in [-0.4, -0.2) is 15.1 Å². The van der Waals surface area contributed by atoms with Gasteiger partial charge in [-0.25, -0.2) is 0 Å². The number of nitriles is 1. The lowest BCUT2D eigenvalue weighted by molar-refractivity contribution is -0.619. The van der Waals surface area contributed by atoms with Gasteiger partial charge in [0.15, 0.2) is 17.1 Å². The second-order valence-corrected chi connectivity index (χ2v) is 5.79. The van der Waals surface area contributed by atoms with Crippen LogP contribution in [0.4, 0.5) is 18.9 Å². The van der Waals surface area contributed by atoms with Gasteiger partial charge < -0.3 is 15.4 Å². The first-order valence-electron chi connectivity index (χ1n) is 7.52. The maximum absolute atomic E-state index is 13.5. The number of halogens is 3. The lowest BCUT2D eigenvalue weighted by Gasteiger charge is -2.16. The summed E-state index contributed by atoms with van der Waals surface area (Å²) in [4.78, 5) is 9.92. The van der Waals surface area contributed by atoms with Gasteiger partial charge in [-0.15, -0.1) is 0 Å². The molecule has 0 aliphatic carbocycles. The fourth-order valence-electron chi connectivity index (χ4n) is 2.64. The van der Waals surface area contributed by atoms with E-state index in [1.807, 2.05) is 0 Å². The molecule has 0 bridgehead atoms. The highest BCUT2D eigenvalue weighted by atomic mass is 19.4. The van der Waals surface area contributed by atoms with E-state index in [-0.39, 0.29) is 16.0 Å². The van der Waals surface area contributed by atoms with Crippen LogP contribution in [0.25, 0.3) is 11.6 Å². The highest BCUT2D eigenvalue weighted by Gasteiger charge is 2.38. The predicted octanol–water partition coefficient (Wildman–Crippen LogP) is 3.34. The van der Waals surface area contributed by atoms with Crippen LogP contribution in [0.5, 0.6) is 11.5 Å². The Hall–Kier alpha value is -3.81. The number of hydrogen-bond donors (Lipinski definition) is 2. The molecule has 0 fully saturated rings. The first-order chi connectivity index (χ1) is 12.9. The molecule has 11 heteroatoms. The molecule has 0 aliphatic rings. The van der Waals surface area contributed by atoms with Crippen molar-refractivity contribution >= 4 is 17.3 Å². The maximum atomic E-state index is 13.5. The van der Waals surface area contributed by atoms with E-state index in [0.717, 1.165) is 25.1 Å². The first-order valence-corrected chi connectivity index (χ1v) is 7.52. The number of aryl methyl sites for hydroxylation is 1. The Labute approximate surface area is 155 Å². The molecule has 0 radical (unpaired) electrons. The number of rotatable bonds is 3. The molecule has 0 amide bonds. The van der Waals surface area contributed by atoms with Crippen LogP contribution in [0, 0.1) is 40.5 Å². The van der Waals surface area contributed by atoms with Gasteiger partial charge in [-0.1, -0.05) is 0 Å². The SMILES string of the molecule is Cc1cc(C(F)(F)F)c(/C(C#N)=C/c2cc(O)c(O)c([N+](=O)[O-])c2)c(C)[n+]1[O-]. The van der Waals surface area contributed by atoms with E-state index in [4.69, 9.17) is 0 Å². The number of nitro groups is 1. The molecular formula is C17H12F3N3O5. The van der Waals surface area contributed by atoms with Crippen molar-refractivity contribution in [2.24, 2.45) is 0 Å². The molecule has 0 aliphatic heterocycles. The molecule has 8 nitrogen and oxygen atoms in total. The Kier molecular flexibility index (Phi) is 5.18. The van der Waals surface area contributed by atoms with Gasteiger partial charge in [0, 0.05) is 26.0 Å². The van der Waals surface area contributed by atoms with Crippen molar-refractivity contribution in [3.63, 3.8) is 0 Å². The Bertz CT molecular complexity index is 1060. The molecule has 0 atom stereocenters. The summed E-state index contributed by atoms with van der Waals surface area (Å²) in [5.74, 6) is -1.92. The quantitative estimate of drug-likeness (QED) is 0.204. The number of alkyl halides is 3. The van der Waals surface area contributed by atoms with Crippen molar-refractivity contribution < 1.29 is 33.0 Å². The summed E-state index contributed by atoms with van der Waals surface area (Å²) >= 11 is 0. The van der Waals surface area contributed by atoms with Crippen molar-refractivity contribution in [3.8, 4) is 17.6 Å². The normalized spacial score (nSPS) is 11.9. The molecule has 1 aromatic carbocycles. The van der Waals surface area contributed by atoms with Gasteiger partial charge >= 0.3 is 11.9 Å². The number of aromatic nitrogens is 1. The molecule has 0 spiro atoms. The van der Waals surface area contributed by atoms with Gasteiger partial charge in [0.05, 0.1) is 21.6 Å². The summed E-state index contributed by atoms with van der Waals surface area (Å²) in [7, 11) is 0. The Morgan fingerprint density at radius 3 is 2.39 bits per heavy atom. The Balaban J connectivity index is 2.83. The van der Waals surface area contributed by atoms with E-state index in [9.17, 15) is 44.0 Å². The van der Waals surface area contributed by atoms with Gasteiger partial charge in [-0.3, -0.25) is 10.1 Å². The minimum absolute atomic E-state index is 0.218. The standard InChI is InChI=1S/C17H12F3N3O5/c1-8-3-12(17(18,19)20)15(9(2)22(8)26)11(7-21)4-10-5-13(23(27)28)16(25)14(24)6-10/h3-6,24-25H,1-2H3/b11-4+. The fraction of sp³-hybridized carbons (Fsp3) is 0.176. The van der Waals surface area contributed by atoms with Crippen molar-refractivity contribution in [2.45, 2.75) is 20.0 Å². The average Bonchev–Trinajstić information content (AvgIpc) is 2.59. The number of aromatic hydroxyl groups is 2. The lowest BCUT2D eigenvalue weighted by Crippen LogP contribution is -2.36. The van der Waals surface area contributed by atoms with Gasteiger partial charge in [-0.2, -0.15) is 23.2 Å². The number of hydrogen-bond acceptors (Lipinski definition) is 6. The number of phenolic OH excluding ortho intramolecular Hbond substituents is 2. The first kappa shape index (κ1) is 20.5. The predicted molar refractivity (Wildman–Crippen MR) is 89.8 cm³/mol. The third-order valence-corrected chi connectivity index (χ3v) is 3.90. The molecule has 146 valence electrons. The average molecular weight is 395 g/mol. The van der Waals surface area contributed by atoms with Crippen LogP contribution in [0.2, 0.25) is 0 Å². The van der Waals surface area contributed by atoms with Gasteiger partial charge in [-0.05, 0) is 17.7 Å². The summed E-state index contributed by atoms with van der Waals surface area (Å²) in [5.41, 5.74) is -4.26. The monoisotopic (exact) mass is 395 g/mol. The molecule has 1 heterocycles. The van der Waals surface area contributed by atoms with E-state index in [2.05, 4.69) is 0 Å². The van der Waals surface area contributed by atoms with Gasteiger partial charge in [0.25, 0.3) is 0 Å². The topological polar surface area (TPSA) is 134 Å². The number of benzene rings is 1. The highest BCUT2D eigenvalue weighted by molar-refractivity contribution is 5.92. The molecule has 2 aromatic rings. The van der Waals surface area contributed by atoms with Gasteiger partial charge in [0.2, 0.25) is 5.75 Å². The zero-order chi connectivity index (χ0) is 21.4. The van der Waals surface area contributed by atoms with Crippen molar-refractivity contribution in [1.82, 2.24) is 0 Å². The van der Waals surface area contributed by atoms with Crippen LogP contribution in [0.3, 0.4) is 0 Å². The molecule has 2 N–H and O–H groups in total. The summed E-state index contributed by atoms with van der Waals surface area (Å²) in [5, 5.41) is 51.4. The zero-order valence-electron chi connectivity index (χ0n) is 14.4. The molecule has 0 saturated carbocycles. The summed E-state index contributed by atoms with van der Waals surface area (Å²) < 4.78 is 40.6. The minimum Gasteiger partial charge on any atom is -0.618 e. The number of nitro benzene ring substituents is 1. The van der Waals surface area contributed by atoms with Crippen LogP contribution in [0.1, 0.15) is 28.1 Å². The van der Waals surface area contributed by atoms with Crippen molar-refractivity contribution in [3.05, 3.63) is 61.6 Å². The van der Waals surface area contributed by atoms with E-state index in [1.54, 1.807) is 6.07 Å². The third-order valence-electron chi connectivity index (χ3n) is 3.90. The number of phenols is 2. The smallest absolute Gasteiger partial charge is 0.417 e. The van der Waals surface area contributed by atoms with E-state index >= 15 is 0 Å². The summed E-state index contributed by atoms with van der Waals surface area (Å²) in [6.07, 6.45) is -4.03. The third kappa shape index (κ3) is 3.66. The molecule has 28 heavy (non-hydrogen) atoms. The maximum Gasteiger partial charge on any atom is 0.417 e. The second-order valence-electron chi connectivity index (χ2n) is 5.79. The van der Waals surface area contributed by atoms with Crippen LogP contribution < -0.4 is 4.73 Å². The largest absolute Gasteiger partial charge is 0.618 e. The number of allylic oxidation sites excluding steroid dienone is 1. The second kappa shape index (κ2) is 7.07. The Morgan fingerprint density at radius 1 is 1.29 bits per heavy atom. The minimum atomic E-state index is -4.88. The van der Waals surface area contributed by atoms with Crippen molar-refractivity contribution in [1.29, 1.82) is 5.26 Å². The summed E-state index contributed by atoms with van der Waals surface area (Å²) in [6.45, 7) is 2.28. The molecule has 1 aromatic heterocycles. The molecule has 0 unspecified atom stereocenters. The Morgan fingerprint density at radius 2 is 1.89 bits per heavy atom. The van der Waals surface area contributed by atoms with Crippen LogP contribution in [-0.2, 0) is 6.18 Å². The highest BCUT2D eigenvalue weighted by Crippen LogP contribution is 2.39. The number of pyridine rings is 1. The zero-order valence-corrected chi connectivity index (χ0v) is 14.4. The lowest BCUT2D eigenvalue weighted by atomic mass is 9.96. The molecule has 2 rings (SSSR count). The molecule has 0 saturated heterocycles. The fourth-order valence-corrected chi connectivity index (χ4v) is 2.64. The van der Waals surface area contributed by atoms with E-state index in [1.165, 1.54) is 6.92 Å². The van der Waals surface area contributed by atoms with E-state index in [0.29, 0.717) is 6.07 Å². The van der Waals surface area contributed by atoms with Crippen LogP contribution >= 0.6 is 0 Å². The molecular weight excluding hydrogens is 383 g/mol. The number of nitrogens with zero attached hydrogens (tertiary/aromatic N) is 3. The van der Waals surface area contributed by atoms with E-state index < -0.39 is 50.7 Å². The van der Waals surface area contributed by atoms with Crippen LogP contribution in [0.15, 0.2) is 18.2 Å². The summed E-state index contributed by atoms with van der Waals surface area (Å²) in [6, 6.07) is 3.75.